The molecule has 2 aromatic rings. The lowest BCUT2D eigenvalue weighted by molar-refractivity contribution is 0.394. The van der Waals surface area contributed by atoms with E-state index in [2.05, 4.69) is 31.7 Å². The third-order valence-corrected chi connectivity index (χ3v) is 4.64. The predicted octanol–water partition coefficient (Wildman–Crippen LogP) is 4.63. The maximum Gasteiger partial charge on any atom is 0.140 e. The van der Waals surface area contributed by atoms with Gasteiger partial charge in [0.1, 0.15) is 11.5 Å². The van der Waals surface area contributed by atoms with Gasteiger partial charge in [-0.1, -0.05) is 55.1 Å². The lowest BCUT2D eigenvalue weighted by atomic mass is 9.71. The van der Waals surface area contributed by atoms with Crippen molar-refractivity contribution in [3.8, 4) is 5.75 Å². The Hall–Kier alpha value is -2.61. The number of rotatable bonds is 1. The van der Waals surface area contributed by atoms with Gasteiger partial charge in [0.15, 0.2) is 0 Å². The molecule has 0 saturated carbocycles. The van der Waals surface area contributed by atoms with Crippen LogP contribution in [0.25, 0.3) is 0 Å². The van der Waals surface area contributed by atoms with Crippen LogP contribution in [0.2, 0.25) is 0 Å². The average Bonchev–Trinajstić information content (AvgIpc) is 2.87. The van der Waals surface area contributed by atoms with Crippen molar-refractivity contribution in [2.45, 2.75) is 19.3 Å². The summed E-state index contributed by atoms with van der Waals surface area (Å²) in [5.41, 5.74) is 4.78. The highest BCUT2D eigenvalue weighted by atomic mass is 16.5. The summed E-state index contributed by atoms with van der Waals surface area (Å²) in [4.78, 5) is 4.78. The van der Waals surface area contributed by atoms with E-state index in [0.717, 1.165) is 39.6 Å². The predicted molar refractivity (Wildman–Crippen MR) is 89.2 cm³/mol. The van der Waals surface area contributed by atoms with Gasteiger partial charge in [-0.25, -0.2) is 4.99 Å². The zero-order chi connectivity index (χ0) is 15.3. The van der Waals surface area contributed by atoms with Gasteiger partial charge in [0, 0.05) is 11.1 Å². The maximum absolute atomic E-state index is 6.09. The Morgan fingerprint density at radius 2 is 1.68 bits per heavy atom. The third-order valence-electron chi connectivity index (χ3n) is 4.64. The number of fused-ring (bicyclic) bond motifs is 3. The van der Waals surface area contributed by atoms with Crippen LogP contribution in [-0.2, 0) is 5.41 Å². The number of para-hydroxylation sites is 1. The van der Waals surface area contributed by atoms with Crippen LogP contribution in [0.3, 0.4) is 0 Å². The van der Waals surface area contributed by atoms with Crippen LogP contribution in [0.1, 0.15) is 25.0 Å². The number of hydrogen-bond donors (Lipinski definition) is 0. The Bertz CT molecular complexity index is 845. The van der Waals surface area contributed by atoms with Crippen LogP contribution >= 0.6 is 0 Å². The quantitative estimate of drug-likeness (QED) is 0.749. The monoisotopic (exact) mass is 287 g/mol. The van der Waals surface area contributed by atoms with Gasteiger partial charge >= 0.3 is 0 Å². The van der Waals surface area contributed by atoms with E-state index >= 15 is 0 Å². The number of aliphatic imine (C=N–C) groups is 1. The van der Waals surface area contributed by atoms with Crippen LogP contribution in [-0.4, -0.2) is 5.71 Å². The number of allylic oxidation sites excluding steroid dienone is 2. The van der Waals surface area contributed by atoms with Gasteiger partial charge in [0.25, 0.3) is 0 Å². The summed E-state index contributed by atoms with van der Waals surface area (Å²) in [6.45, 7) is 8.56. The summed E-state index contributed by atoms with van der Waals surface area (Å²) in [6.07, 6.45) is 0. The molecule has 0 aromatic heterocycles. The van der Waals surface area contributed by atoms with Gasteiger partial charge in [0.2, 0.25) is 0 Å². The minimum Gasteiger partial charge on any atom is -0.458 e. The molecule has 1 atom stereocenters. The van der Waals surface area contributed by atoms with E-state index in [1.807, 2.05) is 43.3 Å². The first-order valence-electron chi connectivity index (χ1n) is 7.45. The van der Waals surface area contributed by atoms with Crippen LogP contribution in [0, 0.1) is 0 Å². The average molecular weight is 287 g/mol. The van der Waals surface area contributed by atoms with Crippen molar-refractivity contribution in [3.63, 3.8) is 0 Å². The molecule has 1 unspecified atom stereocenters. The molecule has 108 valence electrons. The first-order valence-corrected chi connectivity index (χ1v) is 7.45. The molecule has 2 aliphatic heterocycles. The summed E-state index contributed by atoms with van der Waals surface area (Å²) in [7, 11) is 0. The highest BCUT2D eigenvalue weighted by Crippen LogP contribution is 2.52. The van der Waals surface area contributed by atoms with E-state index in [9.17, 15) is 0 Å². The third kappa shape index (κ3) is 1.58. The van der Waals surface area contributed by atoms with Gasteiger partial charge in [-0.2, -0.15) is 0 Å². The summed E-state index contributed by atoms with van der Waals surface area (Å²) in [5, 5.41) is 0. The number of benzene rings is 2. The minimum atomic E-state index is -0.340. The Morgan fingerprint density at radius 3 is 2.45 bits per heavy atom. The first kappa shape index (κ1) is 13.1. The molecule has 0 bridgehead atoms. The molecule has 2 nitrogen and oxygen atoms in total. The zero-order valence-corrected chi connectivity index (χ0v) is 12.8. The fraction of sp³-hybridized carbons (Fsp3) is 0.150. The number of hydrogen-bond acceptors (Lipinski definition) is 2. The Balaban J connectivity index is 1.94. The van der Waals surface area contributed by atoms with E-state index in [-0.39, 0.29) is 5.41 Å². The molecule has 2 aromatic carbocycles. The van der Waals surface area contributed by atoms with Crippen molar-refractivity contribution >= 4 is 5.71 Å². The van der Waals surface area contributed by atoms with Crippen molar-refractivity contribution in [1.82, 2.24) is 0 Å². The Kier molecular flexibility index (Phi) is 2.64. The molecule has 0 radical (unpaired) electrons. The van der Waals surface area contributed by atoms with E-state index in [4.69, 9.17) is 9.73 Å². The van der Waals surface area contributed by atoms with Crippen molar-refractivity contribution < 1.29 is 4.74 Å². The van der Waals surface area contributed by atoms with E-state index < -0.39 is 0 Å². The van der Waals surface area contributed by atoms with Crippen LogP contribution in [0.15, 0.2) is 83.2 Å². The minimum absolute atomic E-state index is 0.340. The normalized spacial score (nSPS) is 22.8. The van der Waals surface area contributed by atoms with Gasteiger partial charge in [-0.3, -0.25) is 0 Å². The van der Waals surface area contributed by atoms with Gasteiger partial charge in [0.05, 0.1) is 16.8 Å². The van der Waals surface area contributed by atoms with E-state index in [0.29, 0.717) is 0 Å². The lowest BCUT2D eigenvalue weighted by Gasteiger charge is -2.32. The molecule has 0 amide bonds. The van der Waals surface area contributed by atoms with E-state index in [1.54, 1.807) is 0 Å². The molecule has 0 aliphatic carbocycles. The summed E-state index contributed by atoms with van der Waals surface area (Å²) < 4.78 is 6.09. The van der Waals surface area contributed by atoms with Crippen LogP contribution in [0.4, 0.5) is 0 Å². The molecule has 22 heavy (non-hydrogen) atoms. The van der Waals surface area contributed by atoms with Crippen molar-refractivity contribution in [1.29, 1.82) is 0 Å². The molecular formula is C20H17NO. The first-order chi connectivity index (χ1) is 10.6. The van der Waals surface area contributed by atoms with Gasteiger partial charge in [-0.05, 0) is 25.5 Å². The Labute approximate surface area is 130 Å². The van der Waals surface area contributed by atoms with E-state index in [1.165, 1.54) is 0 Å². The summed E-state index contributed by atoms with van der Waals surface area (Å²) in [5.74, 6) is 1.81. The number of nitrogens with zero attached hydrogens (tertiary/aromatic N) is 1. The smallest absolute Gasteiger partial charge is 0.140 e. The standard InChI is InChI=1S/C20H17NO/c1-13-18(15-9-5-4-6-10-15)21-14(2)19-20(13,3)16-11-7-8-12-17(16)22-19/h4-12H,1H2,2-3H3. The lowest BCUT2D eigenvalue weighted by Crippen LogP contribution is -2.33. The molecule has 0 fully saturated rings. The highest BCUT2D eigenvalue weighted by molar-refractivity contribution is 6.15. The number of ether oxygens (including phenoxy) is 1. The van der Waals surface area contributed by atoms with Crippen molar-refractivity contribution in [2.75, 3.05) is 0 Å². The molecule has 4 rings (SSSR count). The van der Waals surface area contributed by atoms with Crippen LogP contribution < -0.4 is 4.74 Å². The zero-order valence-electron chi connectivity index (χ0n) is 12.8. The summed E-state index contributed by atoms with van der Waals surface area (Å²) >= 11 is 0. The topological polar surface area (TPSA) is 21.6 Å². The molecule has 0 saturated heterocycles. The molecule has 2 aliphatic rings. The molecule has 0 spiro atoms. The second-order valence-electron chi connectivity index (χ2n) is 5.94. The second kappa shape index (κ2) is 4.44. The SMILES string of the molecule is C=C1C(c2ccccc2)=NC(C)=C2Oc3ccccc3C12C. The summed E-state index contributed by atoms with van der Waals surface area (Å²) in [6, 6.07) is 18.4. The highest BCUT2D eigenvalue weighted by Gasteiger charge is 2.48. The maximum atomic E-state index is 6.09. The van der Waals surface area contributed by atoms with Gasteiger partial charge < -0.3 is 4.74 Å². The Morgan fingerprint density at radius 1 is 1.00 bits per heavy atom. The molecule has 2 heterocycles. The van der Waals surface area contributed by atoms with Gasteiger partial charge in [-0.15, -0.1) is 0 Å². The van der Waals surface area contributed by atoms with Crippen molar-refractivity contribution in [2.24, 2.45) is 4.99 Å². The second-order valence-corrected chi connectivity index (χ2v) is 5.94. The van der Waals surface area contributed by atoms with Crippen molar-refractivity contribution in [3.05, 3.63) is 89.3 Å². The molecule has 0 N–H and O–H groups in total. The molecule has 2 heteroatoms. The fourth-order valence-corrected chi connectivity index (χ4v) is 3.40. The molecular weight excluding hydrogens is 270 g/mol. The fourth-order valence-electron chi connectivity index (χ4n) is 3.40. The van der Waals surface area contributed by atoms with Crippen LogP contribution in [0.5, 0.6) is 5.75 Å². The largest absolute Gasteiger partial charge is 0.458 e.